The van der Waals surface area contributed by atoms with Crippen molar-refractivity contribution in [3.63, 3.8) is 0 Å². The second-order valence-electron chi connectivity index (χ2n) is 1.82. The first-order chi connectivity index (χ1) is 4.41. The highest BCUT2D eigenvalue weighted by atomic mass is 28.2. The summed E-state index contributed by atoms with van der Waals surface area (Å²) in [6, 6.07) is 1.14. The average Bonchev–Trinajstić information content (AvgIpc) is 1.89. The molecule has 0 fully saturated rings. The lowest BCUT2D eigenvalue weighted by Gasteiger charge is -1.96. The summed E-state index contributed by atoms with van der Waals surface area (Å²) in [5, 5.41) is 0. The minimum atomic E-state index is 0.675. The molecule has 0 bridgehead atoms. The van der Waals surface area contributed by atoms with Crippen molar-refractivity contribution in [1.29, 1.82) is 0 Å². The van der Waals surface area contributed by atoms with Crippen LogP contribution >= 0.6 is 0 Å². The largest absolute Gasteiger partial charge is 0.417 e. The molecule has 2 radical (unpaired) electrons. The average molecular weight is 142 g/mol. The van der Waals surface area contributed by atoms with Crippen molar-refractivity contribution < 1.29 is 4.43 Å². The lowest BCUT2D eigenvalue weighted by atomic mass is 10.5. The van der Waals surface area contributed by atoms with E-state index in [2.05, 4.69) is 13.5 Å². The van der Waals surface area contributed by atoms with E-state index >= 15 is 0 Å². The van der Waals surface area contributed by atoms with Gasteiger partial charge in [0.15, 0.2) is 0 Å². The van der Waals surface area contributed by atoms with E-state index in [1.54, 1.807) is 0 Å². The number of hydrogen-bond donors (Lipinski definition) is 0. The monoisotopic (exact) mass is 142 g/mol. The smallest absolute Gasteiger partial charge is 0.229 e. The Morgan fingerprint density at radius 3 is 3.00 bits per heavy atom. The minimum Gasteiger partial charge on any atom is -0.417 e. The maximum atomic E-state index is 5.26. The third kappa shape index (κ3) is 7.92. The Morgan fingerprint density at radius 1 is 1.67 bits per heavy atom. The van der Waals surface area contributed by atoms with Gasteiger partial charge >= 0.3 is 0 Å². The predicted molar refractivity (Wildman–Crippen MR) is 41.6 cm³/mol. The minimum absolute atomic E-state index is 0.675. The first-order valence-electron chi connectivity index (χ1n) is 3.37. The van der Waals surface area contributed by atoms with E-state index in [0.717, 1.165) is 25.5 Å². The molecular formula is C7H14OSi. The molecule has 0 saturated heterocycles. The molecule has 0 aromatic rings. The maximum Gasteiger partial charge on any atom is 0.229 e. The van der Waals surface area contributed by atoms with Crippen LogP contribution in [0.3, 0.4) is 0 Å². The number of rotatable bonds is 6. The van der Waals surface area contributed by atoms with Gasteiger partial charge < -0.3 is 4.43 Å². The first-order valence-corrected chi connectivity index (χ1v) is 4.49. The summed E-state index contributed by atoms with van der Waals surface area (Å²) in [5.41, 5.74) is 0. The highest BCUT2D eigenvalue weighted by molar-refractivity contribution is 6.27. The summed E-state index contributed by atoms with van der Waals surface area (Å²) in [6.45, 7) is 6.66. The zero-order chi connectivity index (χ0) is 6.95. The molecule has 0 heterocycles. The second kappa shape index (κ2) is 7.92. The van der Waals surface area contributed by atoms with Crippen LogP contribution in [0.5, 0.6) is 0 Å². The SMILES string of the molecule is C=CCC[Si]OCCC. The van der Waals surface area contributed by atoms with Gasteiger partial charge in [-0.1, -0.05) is 13.0 Å². The van der Waals surface area contributed by atoms with Gasteiger partial charge in [-0.15, -0.1) is 6.58 Å². The van der Waals surface area contributed by atoms with Crippen molar-refractivity contribution in [1.82, 2.24) is 0 Å². The summed E-state index contributed by atoms with van der Waals surface area (Å²) >= 11 is 0. The molecule has 52 valence electrons. The lowest BCUT2D eigenvalue weighted by molar-refractivity contribution is 0.335. The summed E-state index contributed by atoms with van der Waals surface area (Å²) in [7, 11) is 0.675. The van der Waals surface area contributed by atoms with Gasteiger partial charge in [0, 0.05) is 6.61 Å². The summed E-state index contributed by atoms with van der Waals surface area (Å²) in [5.74, 6) is 0. The molecule has 9 heavy (non-hydrogen) atoms. The third-order valence-electron chi connectivity index (χ3n) is 0.859. The maximum absolute atomic E-state index is 5.26. The molecule has 2 heteroatoms. The normalized spacial score (nSPS) is 9.44. The quantitative estimate of drug-likeness (QED) is 0.313. The molecular weight excluding hydrogens is 128 g/mol. The second-order valence-corrected chi connectivity index (χ2v) is 2.90. The zero-order valence-electron chi connectivity index (χ0n) is 6.02. The van der Waals surface area contributed by atoms with Gasteiger partial charge in [-0.3, -0.25) is 0 Å². The fourth-order valence-electron chi connectivity index (χ4n) is 0.407. The molecule has 0 aliphatic carbocycles. The van der Waals surface area contributed by atoms with Crippen LogP contribution in [0, 0.1) is 0 Å². The number of hydrogen-bond acceptors (Lipinski definition) is 1. The van der Waals surface area contributed by atoms with E-state index in [9.17, 15) is 0 Å². The van der Waals surface area contributed by atoms with Gasteiger partial charge in [-0.25, -0.2) is 0 Å². The first kappa shape index (κ1) is 8.92. The van der Waals surface area contributed by atoms with Crippen molar-refractivity contribution in [3.8, 4) is 0 Å². The van der Waals surface area contributed by atoms with Crippen LogP contribution in [0.4, 0.5) is 0 Å². The van der Waals surface area contributed by atoms with Gasteiger partial charge in [-0.2, -0.15) is 0 Å². The van der Waals surface area contributed by atoms with Crippen LogP contribution in [0.25, 0.3) is 0 Å². The summed E-state index contributed by atoms with van der Waals surface area (Å²) in [4.78, 5) is 0. The Hall–Kier alpha value is -0.0831. The Labute approximate surface area is 60.1 Å². The fourth-order valence-corrected chi connectivity index (χ4v) is 1.22. The van der Waals surface area contributed by atoms with Crippen LogP contribution in [-0.2, 0) is 4.43 Å². The van der Waals surface area contributed by atoms with Gasteiger partial charge in [0.1, 0.15) is 0 Å². The molecule has 0 rings (SSSR count). The van der Waals surface area contributed by atoms with E-state index in [4.69, 9.17) is 4.43 Å². The van der Waals surface area contributed by atoms with Crippen LogP contribution < -0.4 is 0 Å². The standard InChI is InChI=1S/C7H14OSi/c1-3-5-7-9-8-6-4-2/h3H,1,4-7H2,2H3. The lowest BCUT2D eigenvalue weighted by Crippen LogP contribution is -1.97. The van der Waals surface area contributed by atoms with Crippen molar-refractivity contribution in [2.45, 2.75) is 25.8 Å². The third-order valence-corrected chi connectivity index (χ3v) is 1.76. The molecule has 1 nitrogen and oxygen atoms in total. The molecule has 0 aromatic heterocycles. The molecule has 0 aromatic carbocycles. The number of allylic oxidation sites excluding steroid dienone is 1. The Kier molecular flexibility index (Phi) is 7.84. The molecule has 0 aliphatic rings. The van der Waals surface area contributed by atoms with Crippen LogP contribution in [-0.4, -0.2) is 16.4 Å². The van der Waals surface area contributed by atoms with Gasteiger partial charge in [0.2, 0.25) is 9.76 Å². The molecule has 0 amide bonds. The molecule has 0 atom stereocenters. The van der Waals surface area contributed by atoms with Crippen molar-refractivity contribution in [2.75, 3.05) is 6.61 Å². The van der Waals surface area contributed by atoms with Crippen LogP contribution in [0.1, 0.15) is 19.8 Å². The van der Waals surface area contributed by atoms with Crippen LogP contribution in [0.15, 0.2) is 12.7 Å². The van der Waals surface area contributed by atoms with Crippen molar-refractivity contribution >= 4 is 9.76 Å². The van der Waals surface area contributed by atoms with Gasteiger partial charge in [-0.05, 0) is 18.9 Å². The summed E-state index contributed by atoms with van der Waals surface area (Å²) < 4.78 is 5.26. The van der Waals surface area contributed by atoms with Crippen molar-refractivity contribution in [3.05, 3.63) is 12.7 Å². The Balaban J connectivity index is 2.66. The molecule has 0 unspecified atom stereocenters. The van der Waals surface area contributed by atoms with Gasteiger partial charge in [0.05, 0.1) is 0 Å². The molecule has 0 N–H and O–H groups in total. The van der Waals surface area contributed by atoms with E-state index < -0.39 is 0 Å². The molecule has 0 spiro atoms. The van der Waals surface area contributed by atoms with E-state index in [-0.39, 0.29) is 0 Å². The van der Waals surface area contributed by atoms with Crippen LogP contribution in [0.2, 0.25) is 6.04 Å². The fraction of sp³-hybridized carbons (Fsp3) is 0.714. The van der Waals surface area contributed by atoms with Gasteiger partial charge in [0.25, 0.3) is 0 Å². The van der Waals surface area contributed by atoms with E-state index in [1.165, 1.54) is 0 Å². The van der Waals surface area contributed by atoms with E-state index in [1.807, 2.05) is 6.08 Å². The summed E-state index contributed by atoms with van der Waals surface area (Å²) in [6.07, 6.45) is 4.14. The Bertz CT molecular complexity index is 63.9. The van der Waals surface area contributed by atoms with Crippen molar-refractivity contribution in [2.24, 2.45) is 0 Å². The zero-order valence-corrected chi connectivity index (χ0v) is 7.02. The topological polar surface area (TPSA) is 9.23 Å². The Morgan fingerprint density at radius 2 is 2.44 bits per heavy atom. The molecule has 0 aliphatic heterocycles. The molecule has 0 saturated carbocycles. The highest BCUT2D eigenvalue weighted by Crippen LogP contribution is 1.89. The predicted octanol–water partition coefficient (Wildman–Crippen LogP) is 2.03. The highest BCUT2D eigenvalue weighted by Gasteiger charge is 1.86. The van der Waals surface area contributed by atoms with E-state index in [0.29, 0.717) is 9.76 Å².